The van der Waals surface area contributed by atoms with Crippen molar-refractivity contribution in [1.29, 1.82) is 0 Å². The van der Waals surface area contributed by atoms with Gasteiger partial charge in [0.1, 0.15) is 0 Å². The van der Waals surface area contributed by atoms with E-state index in [-0.39, 0.29) is 0 Å². The van der Waals surface area contributed by atoms with Gasteiger partial charge in [0.15, 0.2) is 0 Å². The SMILES string of the molecule is CCCCNCCCNCCCNCCCNCC. The molecule has 0 saturated carbocycles. The Morgan fingerprint density at radius 1 is 0.474 bits per heavy atom. The van der Waals surface area contributed by atoms with Crippen LogP contribution in [0.1, 0.15) is 46.0 Å². The molecule has 0 saturated heterocycles. The van der Waals surface area contributed by atoms with E-state index in [9.17, 15) is 0 Å². The highest BCUT2D eigenvalue weighted by atomic mass is 14.9. The predicted molar refractivity (Wildman–Crippen MR) is 85.9 cm³/mol. The van der Waals surface area contributed by atoms with Gasteiger partial charge in [0.2, 0.25) is 0 Å². The van der Waals surface area contributed by atoms with Crippen molar-refractivity contribution < 1.29 is 0 Å². The lowest BCUT2D eigenvalue weighted by atomic mass is 10.3. The Morgan fingerprint density at radius 3 is 1.21 bits per heavy atom. The summed E-state index contributed by atoms with van der Waals surface area (Å²) in [6, 6.07) is 0. The molecule has 0 amide bonds. The van der Waals surface area contributed by atoms with Crippen molar-refractivity contribution in [3.05, 3.63) is 0 Å². The lowest BCUT2D eigenvalue weighted by Gasteiger charge is -2.07. The van der Waals surface area contributed by atoms with Crippen molar-refractivity contribution in [3.63, 3.8) is 0 Å². The van der Waals surface area contributed by atoms with Crippen LogP contribution in [0.5, 0.6) is 0 Å². The molecular weight excluding hydrogens is 236 g/mol. The highest BCUT2D eigenvalue weighted by Gasteiger charge is 1.91. The van der Waals surface area contributed by atoms with Crippen LogP contribution in [0.4, 0.5) is 0 Å². The summed E-state index contributed by atoms with van der Waals surface area (Å²) >= 11 is 0. The molecule has 0 aliphatic rings. The zero-order valence-electron chi connectivity index (χ0n) is 13.2. The monoisotopic (exact) mass is 272 g/mol. The standard InChI is InChI=1S/C15H36N4/c1-3-5-9-17-12-7-13-19-15-8-14-18-11-6-10-16-4-2/h16-19H,3-15H2,1-2H3. The van der Waals surface area contributed by atoms with E-state index in [1.54, 1.807) is 0 Å². The summed E-state index contributed by atoms with van der Waals surface area (Å²) in [5.41, 5.74) is 0. The molecule has 0 aromatic carbocycles. The first-order valence-electron chi connectivity index (χ1n) is 8.24. The van der Waals surface area contributed by atoms with Crippen LogP contribution in [0.15, 0.2) is 0 Å². The lowest BCUT2D eigenvalue weighted by Crippen LogP contribution is -2.26. The minimum absolute atomic E-state index is 1.08. The predicted octanol–water partition coefficient (Wildman–Crippen LogP) is 1.34. The second-order valence-corrected chi connectivity index (χ2v) is 5.02. The fourth-order valence-electron chi connectivity index (χ4n) is 1.87. The number of hydrogen-bond acceptors (Lipinski definition) is 4. The van der Waals surface area contributed by atoms with Crippen LogP contribution in [0.2, 0.25) is 0 Å². The maximum absolute atomic E-state index is 3.50. The molecule has 0 radical (unpaired) electrons. The van der Waals surface area contributed by atoms with E-state index in [1.165, 1.54) is 38.6 Å². The summed E-state index contributed by atoms with van der Waals surface area (Å²) in [6.45, 7) is 13.5. The molecule has 4 heteroatoms. The number of hydrogen-bond donors (Lipinski definition) is 4. The van der Waals surface area contributed by atoms with E-state index in [2.05, 4.69) is 35.1 Å². The minimum Gasteiger partial charge on any atom is -0.317 e. The van der Waals surface area contributed by atoms with Crippen molar-refractivity contribution in [2.24, 2.45) is 0 Å². The molecule has 4 nitrogen and oxygen atoms in total. The Balaban J connectivity index is 2.88. The highest BCUT2D eigenvalue weighted by Crippen LogP contribution is 1.83. The van der Waals surface area contributed by atoms with E-state index in [0.29, 0.717) is 0 Å². The first-order chi connectivity index (χ1) is 9.41. The Kier molecular flexibility index (Phi) is 17.7. The molecule has 0 aliphatic heterocycles. The molecule has 0 aromatic rings. The topological polar surface area (TPSA) is 48.1 Å². The second-order valence-electron chi connectivity index (χ2n) is 5.02. The van der Waals surface area contributed by atoms with Gasteiger partial charge in [-0.05, 0) is 78.0 Å². The van der Waals surface area contributed by atoms with Gasteiger partial charge in [0.05, 0.1) is 0 Å². The summed E-state index contributed by atoms with van der Waals surface area (Å²) < 4.78 is 0. The summed E-state index contributed by atoms with van der Waals surface area (Å²) in [5.74, 6) is 0. The Labute approximate surface area is 120 Å². The van der Waals surface area contributed by atoms with E-state index in [4.69, 9.17) is 0 Å². The fourth-order valence-corrected chi connectivity index (χ4v) is 1.87. The lowest BCUT2D eigenvalue weighted by molar-refractivity contribution is 0.550. The summed E-state index contributed by atoms with van der Waals surface area (Å²) in [6.07, 6.45) is 6.27. The van der Waals surface area contributed by atoms with Gasteiger partial charge >= 0.3 is 0 Å². The van der Waals surface area contributed by atoms with Gasteiger partial charge in [-0.15, -0.1) is 0 Å². The Hall–Kier alpha value is -0.160. The van der Waals surface area contributed by atoms with Crippen LogP contribution >= 0.6 is 0 Å². The molecule has 0 spiro atoms. The summed E-state index contributed by atoms with van der Waals surface area (Å²) in [5, 5.41) is 13.8. The maximum atomic E-state index is 3.50. The van der Waals surface area contributed by atoms with Gasteiger partial charge in [-0.1, -0.05) is 20.3 Å². The van der Waals surface area contributed by atoms with E-state index in [1.807, 2.05) is 0 Å². The number of nitrogens with one attached hydrogen (secondary N) is 4. The normalized spacial score (nSPS) is 11.1. The third-order valence-electron chi connectivity index (χ3n) is 3.08. The summed E-state index contributed by atoms with van der Waals surface area (Å²) in [7, 11) is 0. The molecular formula is C15H36N4. The van der Waals surface area contributed by atoms with E-state index < -0.39 is 0 Å². The molecule has 0 aliphatic carbocycles. The number of unbranched alkanes of at least 4 members (excludes halogenated alkanes) is 1. The molecule has 0 rings (SSSR count). The molecule has 0 fully saturated rings. The molecule has 0 bridgehead atoms. The van der Waals surface area contributed by atoms with Gasteiger partial charge in [-0.3, -0.25) is 0 Å². The van der Waals surface area contributed by atoms with Gasteiger partial charge in [0.25, 0.3) is 0 Å². The summed E-state index contributed by atoms with van der Waals surface area (Å²) in [4.78, 5) is 0. The largest absolute Gasteiger partial charge is 0.317 e. The fraction of sp³-hybridized carbons (Fsp3) is 1.00. The average molecular weight is 272 g/mol. The second kappa shape index (κ2) is 17.8. The molecule has 116 valence electrons. The molecule has 4 N–H and O–H groups in total. The van der Waals surface area contributed by atoms with Crippen LogP contribution in [-0.2, 0) is 0 Å². The maximum Gasteiger partial charge on any atom is -0.00368 e. The molecule has 0 atom stereocenters. The molecule has 0 heterocycles. The highest BCUT2D eigenvalue weighted by molar-refractivity contribution is 4.55. The van der Waals surface area contributed by atoms with Crippen LogP contribution in [0.25, 0.3) is 0 Å². The van der Waals surface area contributed by atoms with Crippen LogP contribution < -0.4 is 21.3 Å². The van der Waals surface area contributed by atoms with Crippen molar-refractivity contribution in [2.45, 2.75) is 46.0 Å². The van der Waals surface area contributed by atoms with Crippen LogP contribution in [0.3, 0.4) is 0 Å². The van der Waals surface area contributed by atoms with Gasteiger partial charge in [-0.25, -0.2) is 0 Å². The molecule has 0 aromatic heterocycles. The van der Waals surface area contributed by atoms with Crippen molar-refractivity contribution in [1.82, 2.24) is 21.3 Å². The molecule has 0 unspecified atom stereocenters. The molecule has 19 heavy (non-hydrogen) atoms. The Bertz CT molecular complexity index is 137. The number of rotatable bonds is 16. The zero-order valence-corrected chi connectivity index (χ0v) is 13.2. The quantitative estimate of drug-likeness (QED) is 0.320. The van der Waals surface area contributed by atoms with E-state index >= 15 is 0 Å². The average Bonchev–Trinajstić information content (AvgIpc) is 2.43. The first kappa shape index (κ1) is 18.8. The van der Waals surface area contributed by atoms with Crippen molar-refractivity contribution >= 4 is 0 Å². The third-order valence-corrected chi connectivity index (χ3v) is 3.08. The Morgan fingerprint density at radius 2 is 0.842 bits per heavy atom. The third kappa shape index (κ3) is 17.8. The van der Waals surface area contributed by atoms with E-state index in [0.717, 1.165) is 45.8 Å². The minimum atomic E-state index is 1.08. The zero-order chi connectivity index (χ0) is 14.0. The van der Waals surface area contributed by atoms with Gasteiger partial charge in [0, 0.05) is 0 Å². The van der Waals surface area contributed by atoms with Crippen LogP contribution in [0, 0.1) is 0 Å². The first-order valence-corrected chi connectivity index (χ1v) is 8.24. The van der Waals surface area contributed by atoms with Gasteiger partial charge in [-0.2, -0.15) is 0 Å². The van der Waals surface area contributed by atoms with Crippen molar-refractivity contribution in [3.8, 4) is 0 Å². The van der Waals surface area contributed by atoms with Gasteiger partial charge < -0.3 is 21.3 Å². The van der Waals surface area contributed by atoms with Crippen LogP contribution in [-0.4, -0.2) is 52.4 Å². The van der Waals surface area contributed by atoms with Crippen molar-refractivity contribution in [2.75, 3.05) is 52.4 Å². The smallest absolute Gasteiger partial charge is 0.00368 e.